The fourth-order valence-corrected chi connectivity index (χ4v) is 2.62. The van der Waals surface area contributed by atoms with Crippen LogP contribution in [0.2, 0.25) is 10.0 Å². The number of nitrogens with one attached hydrogen (secondary N) is 2. The molecule has 23 heavy (non-hydrogen) atoms. The van der Waals surface area contributed by atoms with E-state index in [1.54, 1.807) is 18.2 Å². The van der Waals surface area contributed by atoms with Gasteiger partial charge in [-0.15, -0.1) is 0 Å². The van der Waals surface area contributed by atoms with E-state index in [1.165, 1.54) is 6.39 Å². The second kappa shape index (κ2) is 6.62. The lowest BCUT2D eigenvalue weighted by Gasteiger charge is -2.02. The minimum absolute atomic E-state index is 0.254. The van der Waals surface area contributed by atoms with Crippen LogP contribution in [0.3, 0.4) is 0 Å². The Hall–Kier alpha value is -2.02. The summed E-state index contributed by atoms with van der Waals surface area (Å²) in [6.07, 6.45) is 1.92. The van der Waals surface area contributed by atoms with Crippen LogP contribution < -0.4 is 11.1 Å². The third kappa shape index (κ3) is 3.34. The molecule has 0 radical (unpaired) electrons. The maximum atomic E-state index is 12.3. The summed E-state index contributed by atoms with van der Waals surface area (Å²) in [4.78, 5) is 19.4. The number of nitrogens with zero attached hydrogens (tertiary/aromatic N) is 1. The number of amides is 1. The number of aromatic nitrogens is 2. The third-order valence-electron chi connectivity index (χ3n) is 3.42. The van der Waals surface area contributed by atoms with Crippen molar-refractivity contribution in [3.63, 3.8) is 0 Å². The Morgan fingerprint density at radius 3 is 2.87 bits per heavy atom. The molecule has 6 nitrogen and oxygen atoms in total. The fraction of sp³-hybridized carbons (Fsp3) is 0.200. The van der Waals surface area contributed by atoms with Gasteiger partial charge in [0.2, 0.25) is 0 Å². The number of hydrogen-bond donors (Lipinski definition) is 3. The zero-order valence-corrected chi connectivity index (χ0v) is 13.5. The molecule has 1 aromatic carbocycles. The zero-order valence-electron chi connectivity index (χ0n) is 12.0. The van der Waals surface area contributed by atoms with Gasteiger partial charge in [-0.05, 0) is 24.7 Å². The predicted molar refractivity (Wildman–Crippen MR) is 88.8 cm³/mol. The number of oxazole rings is 1. The Balaban J connectivity index is 1.74. The molecule has 0 saturated heterocycles. The van der Waals surface area contributed by atoms with Crippen molar-refractivity contribution in [2.24, 2.45) is 5.73 Å². The number of carbonyl (C=O) groups is 1. The van der Waals surface area contributed by atoms with Crippen molar-refractivity contribution in [1.29, 1.82) is 0 Å². The summed E-state index contributed by atoms with van der Waals surface area (Å²) >= 11 is 11.9. The highest BCUT2D eigenvalue weighted by Crippen LogP contribution is 2.28. The van der Waals surface area contributed by atoms with Gasteiger partial charge >= 0.3 is 0 Å². The highest BCUT2D eigenvalue weighted by Gasteiger charge is 2.13. The fourth-order valence-electron chi connectivity index (χ4n) is 2.28. The van der Waals surface area contributed by atoms with Gasteiger partial charge < -0.3 is 20.5 Å². The van der Waals surface area contributed by atoms with E-state index in [0.29, 0.717) is 40.2 Å². The molecule has 0 aliphatic rings. The van der Waals surface area contributed by atoms with Gasteiger partial charge in [0.05, 0.1) is 16.6 Å². The largest absolute Gasteiger partial charge is 0.448 e. The molecule has 1 amide bonds. The van der Waals surface area contributed by atoms with Gasteiger partial charge in [0, 0.05) is 17.3 Å². The van der Waals surface area contributed by atoms with Crippen LogP contribution in [0.4, 0.5) is 0 Å². The van der Waals surface area contributed by atoms with Gasteiger partial charge in [-0.25, -0.2) is 4.98 Å². The number of hydrogen-bond acceptors (Lipinski definition) is 4. The molecule has 0 atom stereocenters. The van der Waals surface area contributed by atoms with Gasteiger partial charge in [-0.1, -0.05) is 23.2 Å². The molecule has 0 aliphatic heterocycles. The Morgan fingerprint density at radius 2 is 2.09 bits per heavy atom. The zero-order chi connectivity index (χ0) is 16.4. The maximum absolute atomic E-state index is 12.3. The Morgan fingerprint density at radius 1 is 1.30 bits per heavy atom. The highest BCUT2D eigenvalue weighted by molar-refractivity contribution is 6.42. The van der Waals surface area contributed by atoms with Gasteiger partial charge in [0.25, 0.3) is 5.91 Å². The molecule has 0 unspecified atom stereocenters. The molecule has 2 heterocycles. The SMILES string of the molecule is NCCc1ocnc1CNC(=O)c1cc2cc(Cl)c(Cl)cc2[nH]1. The number of benzene rings is 1. The molecule has 0 bridgehead atoms. The normalized spacial score (nSPS) is 11.1. The summed E-state index contributed by atoms with van der Waals surface area (Å²) in [5.74, 6) is 0.429. The van der Waals surface area contributed by atoms with Gasteiger partial charge in [-0.2, -0.15) is 0 Å². The minimum Gasteiger partial charge on any atom is -0.448 e. The molecule has 0 aliphatic carbocycles. The van der Waals surface area contributed by atoms with E-state index >= 15 is 0 Å². The molecule has 8 heteroatoms. The average Bonchev–Trinajstić information content (AvgIpc) is 3.12. The molecule has 0 fully saturated rings. The van der Waals surface area contributed by atoms with Crippen LogP contribution in [0.1, 0.15) is 21.9 Å². The van der Waals surface area contributed by atoms with E-state index in [2.05, 4.69) is 15.3 Å². The quantitative estimate of drug-likeness (QED) is 0.657. The Kier molecular flexibility index (Phi) is 4.56. The van der Waals surface area contributed by atoms with Crippen molar-refractivity contribution in [3.8, 4) is 0 Å². The summed E-state index contributed by atoms with van der Waals surface area (Å²) in [5, 5.41) is 4.48. The number of H-pyrrole nitrogens is 1. The van der Waals surface area contributed by atoms with Crippen molar-refractivity contribution in [1.82, 2.24) is 15.3 Å². The van der Waals surface area contributed by atoms with Crippen LogP contribution in [-0.4, -0.2) is 22.4 Å². The summed E-state index contributed by atoms with van der Waals surface area (Å²) in [7, 11) is 0. The first-order chi connectivity index (χ1) is 11.1. The van der Waals surface area contributed by atoms with Crippen molar-refractivity contribution in [3.05, 3.63) is 51.8 Å². The lowest BCUT2D eigenvalue weighted by atomic mass is 10.2. The van der Waals surface area contributed by atoms with Crippen molar-refractivity contribution in [2.45, 2.75) is 13.0 Å². The monoisotopic (exact) mass is 352 g/mol. The average molecular weight is 353 g/mol. The standard InChI is InChI=1S/C15H14Cl2N4O2/c16-9-3-8-4-12(21-11(8)5-10(9)17)15(22)19-6-13-14(1-2-18)23-7-20-13/h3-5,7,21H,1-2,6,18H2,(H,19,22). The topological polar surface area (TPSA) is 96.9 Å². The van der Waals surface area contributed by atoms with Crippen LogP contribution in [-0.2, 0) is 13.0 Å². The first-order valence-electron chi connectivity index (χ1n) is 6.95. The van der Waals surface area contributed by atoms with Crippen LogP contribution >= 0.6 is 23.2 Å². The van der Waals surface area contributed by atoms with Crippen LogP contribution in [0, 0.1) is 0 Å². The number of aromatic amines is 1. The van der Waals surface area contributed by atoms with Crippen molar-refractivity contribution in [2.75, 3.05) is 6.54 Å². The Bertz CT molecular complexity index is 817. The molecule has 0 spiro atoms. The van der Waals surface area contributed by atoms with E-state index in [4.69, 9.17) is 33.4 Å². The smallest absolute Gasteiger partial charge is 0.268 e. The van der Waals surface area contributed by atoms with E-state index < -0.39 is 0 Å². The summed E-state index contributed by atoms with van der Waals surface area (Å²) in [5.41, 5.74) is 7.34. The number of halogens is 2. The second-order valence-corrected chi connectivity index (χ2v) is 5.79. The first kappa shape index (κ1) is 15.9. The van der Waals surface area contributed by atoms with Crippen molar-refractivity contribution >= 4 is 40.0 Å². The molecule has 120 valence electrons. The highest BCUT2D eigenvalue weighted by atomic mass is 35.5. The second-order valence-electron chi connectivity index (χ2n) is 4.98. The van der Waals surface area contributed by atoms with Gasteiger partial charge in [-0.3, -0.25) is 4.79 Å². The Labute approximate surface area is 142 Å². The first-order valence-corrected chi connectivity index (χ1v) is 7.71. The van der Waals surface area contributed by atoms with Crippen LogP contribution in [0.15, 0.2) is 29.0 Å². The van der Waals surface area contributed by atoms with E-state index in [1.807, 2.05) is 0 Å². The molecule has 0 saturated carbocycles. The van der Waals surface area contributed by atoms with Gasteiger partial charge in [0.15, 0.2) is 6.39 Å². The molecular formula is C15H14Cl2N4O2. The lowest BCUT2D eigenvalue weighted by Crippen LogP contribution is -2.24. The van der Waals surface area contributed by atoms with E-state index in [-0.39, 0.29) is 12.5 Å². The van der Waals surface area contributed by atoms with E-state index in [0.717, 1.165) is 10.9 Å². The molecule has 3 aromatic rings. The minimum atomic E-state index is -0.254. The predicted octanol–water partition coefficient (Wildman–Crippen LogP) is 2.89. The molecular weight excluding hydrogens is 339 g/mol. The lowest BCUT2D eigenvalue weighted by molar-refractivity contribution is 0.0946. The summed E-state index contributed by atoms with van der Waals surface area (Å²) in [6, 6.07) is 5.12. The van der Waals surface area contributed by atoms with E-state index in [9.17, 15) is 4.79 Å². The number of nitrogens with two attached hydrogens (primary N) is 1. The summed E-state index contributed by atoms with van der Waals surface area (Å²) in [6.45, 7) is 0.723. The summed E-state index contributed by atoms with van der Waals surface area (Å²) < 4.78 is 5.24. The third-order valence-corrected chi connectivity index (χ3v) is 4.14. The molecule has 2 aromatic heterocycles. The van der Waals surface area contributed by atoms with Crippen LogP contribution in [0.5, 0.6) is 0 Å². The number of rotatable bonds is 5. The molecule has 4 N–H and O–H groups in total. The molecule has 3 rings (SSSR count). The maximum Gasteiger partial charge on any atom is 0.268 e. The van der Waals surface area contributed by atoms with Crippen LogP contribution in [0.25, 0.3) is 10.9 Å². The number of fused-ring (bicyclic) bond motifs is 1. The number of carbonyl (C=O) groups excluding carboxylic acids is 1. The van der Waals surface area contributed by atoms with Crippen molar-refractivity contribution < 1.29 is 9.21 Å². The van der Waals surface area contributed by atoms with Gasteiger partial charge in [0.1, 0.15) is 17.1 Å².